The second kappa shape index (κ2) is 8.87. The molecule has 8 rings (SSSR count). The summed E-state index contributed by atoms with van der Waals surface area (Å²) in [7, 11) is 0. The predicted molar refractivity (Wildman–Crippen MR) is 168 cm³/mol. The lowest BCUT2D eigenvalue weighted by molar-refractivity contribution is 1.17. The Morgan fingerprint density at radius 2 is 0.949 bits per heavy atom. The van der Waals surface area contributed by atoms with Gasteiger partial charge in [0.2, 0.25) is 0 Å². The molecule has 0 saturated heterocycles. The van der Waals surface area contributed by atoms with Crippen LogP contribution in [-0.4, -0.2) is 4.57 Å². The summed E-state index contributed by atoms with van der Waals surface area (Å²) >= 11 is 1.86. The molecule has 0 amide bonds. The van der Waals surface area contributed by atoms with Gasteiger partial charge in [0, 0.05) is 53.7 Å². The zero-order valence-electron chi connectivity index (χ0n) is 21.2. The molecule has 0 aliphatic carbocycles. The van der Waals surface area contributed by atoms with Crippen LogP contribution >= 0.6 is 11.3 Å². The highest BCUT2D eigenvalue weighted by atomic mass is 32.1. The van der Waals surface area contributed by atoms with Crippen molar-refractivity contribution in [2.75, 3.05) is 4.90 Å². The van der Waals surface area contributed by atoms with E-state index in [4.69, 9.17) is 0 Å². The third-order valence-corrected chi connectivity index (χ3v) is 8.71. The quantitative estimate of drug-likeness (QED) is 0.226. The van der Waals surface area contributed by atoms with E-state index in [0.717, 1.165) is 22.7 Å². The molecule has 184 valence electrons. The summed E-state index contributed by atoms with van der Waals surface area (Å²) in [5.41, 5.74) is 7.03. The first-order valence-corrected chi connectivity index (χ1v) is 14.0. The summed E-state index contributed by atoms with van der Waals surface area (Å²) < 4.78 is 4.99. The molecule has 0 spiro atoms. The van der Waals surface area contributed by atoms with E-state index in [9.17, 15) is 0 Å². The number of rotatable bonds is 4. The molecule has 2 aromatic heterocycles. The highest BCUT2D eigenvalue weighted by Crippen LogP contribution is 2.41. The van der Waals surface area contributed by atoms with Crippen molar-refractivity contribution >= 4 is 70.4 Å². The van der Waals surface area contributed by atoms with E-state index in [2.05, 4.69) is 155 Å². The molecular formula is C36H24N2S. The minimum absolute atomic E-state index is 1.13. The number of anilines is 3. The summed E-state index contributed by atoms with van der Waals surface area (Å²) in [5, 5.41) is 5.19. The first kappa shape index (κ1) is 22.2. The maximum atomic E-state index is 2.37. The van der Waals surface area contributed by atoms with Crippen LogP contribution in [-0.2, 0) is 0 Å². The number of hydrogen-bond donors (Lipinski definition) is 0. The Balaban J connectivity index is 1.28. The van der Waals surface area contributed by atoms with Gasteiger partial charge in [-0.15, -0.1) is 11.3 Å². The van der Waals surface area contributed by atoms with Crippen molar-refractivity contribution in [3.8, 4) is 5.69 Å². The average Bonchev–Trinajstić information content (AvgIpc) is 3.54. The Morgan fingerprint density at radius 1 is 0.410 bits per heavy atom. The monoisotopic (exact) mass is 516 g/mol. The van der Waals surface area contributed by atoms with Gasteiger partial charge in [0.1, 0.15) is 0 Å². The van der Waals surface area contributed by atoms with Gasteiger partial charge in [-0.1, -0.05) is 78.9 Å². The molecule has 8 aromatic rings. The fraction of sp³-hybridized carbons (Fsp3) is 0. The van der Waals surface area contributed by atoms with Crippen LogP contribution in [0.25, 0.3) is 47.7 Å². The number of thiophene rings is 1. The van der Waals surface area contributed by atoms with Crippen molar-refractivity contribution in [2.24, 2.45) is 0 Å². The van der Waals surface area contributed by atoms with Crippen molar-refractivity contribution in [1.82, 2.24) is 4.57 Å². The first-order valence-electron chi connectivity index (χ1n) is 13.2. The van der Waals surface area contributed by atoms with Gasteiger partial charge < -0.3 is 9.47 Å². The van der Waals surface area contributed by atoms with Gasteiger partial charge in [-0.05, 0) is 66.7 Å². The maximum Gasteiger partial charge on any atom is 0.0541 e. The average molecular weight is 517 g/mol. The Hall–Kier alpha value is -4.86. The standard InChI is InChI=1S/C36H24N2S/c1-2-10-25(11-3-1)37(28-22-23-32-31-14-6-9-17-35(31)39-36(32)24-28)26-18-20-27(21-19-26)38-33-15-7-4-12-29(33)30-13-5-8-16-34(30)38/h1-24H. The topological polar surface area (TPSA) is 8.17 Å². The molecule has 0 fully saturated rings. The Labute approximate surface area is 230 Å². The van der Waals surface area contributed by atoms with Gasteiger partial charge >= 0.3 is 0 Å². The molecule has 6 aromatic carbocycles. The predicted octanol–water partition coefficient (Wildman–Crippen LogP) is 10.6. The zero-order chi connectivity index (χ0) is 25.8. The van der Waals surface area contributed by atoms with Crippen LogP contribution in [0.15, 0.2) is 146 Å². The highest BCUT2D eigenvalue weighted by Gasteiger charge is 2.16. The van der Waals surface area contributed by atoms with Crippen LogP contribution in [0.4, 0.5) is 17.1 Å². The first-order chi connectivity index (χ1) is 19.3. The summed E-state index contributed by atoms with van der Waals surface area (Å²) in [5.74, 6) is 0. The molecule has 0 aliphatic rings. The number of benzene rings is 6. The number of para-hydroxylation sites is 3. The van der Waals surface area contributed by atoms with E-state index in [1.54, 1.807) is 0 Å². The SMILES string of the molecule is c1ccc(N(c2ccc(-n3c4ccccc4c4ccccc43)cc2)c2ccc3c(c2)sc2ccccc23)cc1. The fourth-order valence-corrected chi connectivity index (χ4v) is 6.97. The molecule has 0 radical (unpaired) electrons. The van der Waals surface area contributed by atoms with Crippen LogP contribution < -0.4 is 4.90 Å². The van der Waals surface area contributed by atoms with Crippen molar-refractivity contribution in [3.63, 3.8) is 0 Å². The van der Waals surface area contributed by atoms with Crippen molar-refractivity contribution in [2.45, 2.75) is 0 Å². The van der Waals surface area contributed by atoms with E-state index in [1.165, 1.54) is 42.0 Å². The second-order valence-electron chi connectivity index (χ2n) is 9.84. The third kappa shape index (κ3) is 3.55. The molecule has 0 saturated carbocycles. The third-order valence-electron chi connectivity index (χ3n) is 7.58. The molecule has 0 bridgehead atoms. The molecule has 3 heteroatoms. The smallest absolute Gasteiger partial charge is 0.0541 e. The largest absolute Gasteiger partial charge is 0.310 e. The summed E-state index contributed by atoms with van der Waals surface area (Å²) in [4.78, 5) is 2.35. The van der Waals surface area contributed by atoms with Gasteiger partial charge in [0.25, 0.3) is 0 Å². The lowest BCUT2D eigenvalue weighted by Gasteiger charge is -2.26. The van der Waals surface area contributed by atoms with Gasteiger partial charge in [-0.2, -0.15) is 0 Å². The van der Waals surface area contributed by atoms with Crippen molar-refractivity contribution in [3.05, 3.63) is 146 Å². The van der Waals surface area contributed by atoms with Gasteiger partial charge in [0.15, 0.2) is 0 Å². The molecule has 39 heavy (non-hydrogen) atoms. The van der Waals surface area contributed by atoms with E-state index >= 15 is 0 Å². The van der Waals surface area contributed by atoms with Crippen LogP contribution in [0.2, 0.25) is 0 Å². The van der Waals surface area contributed by atoms with Crippen LogP contribution in [0.3, 0.4) is 0 Å². The summed E-state index contributed by atoms with van der Waals surface area (Å²) in [6, 6.07) is 52.4. The summed E-state index contributed by atoms with van der Waals surface area (Å²) in [6.45, 7) is 0. The molecule has 0 N–H and O–H groups in total. The number of aromatic nitrogens is 1. The van der Waals surface area contributed by atoms with Crippen LogP contribution in [0.5, 0.6) is 0 Å². The minimum atomic E-state index is 1.13. The highest BCUT2D eigenvalue weighted by molar-refractivity contribution is 7.25. The normalized spacial score (nSPS) is 11.6. The molecule has 2 heterocycles. The van der Waals surface area contributed by atoms with Gasteiger partial charge in [0.05, 0.1) is 11.0 Å². The lowest BCUT2D eigenvalue weighted by atomic mass is 10.1. The van der Waals surface area contributed by atoms with Crippen molar-refractivity contribution < 1.29 is 0 Å². The van der Waals surface area contributed by atoms with Crippen LogP contribution in [0, 0.1) is 0 Å². The lowest BCUT2D eigenvalue weighted by Crippen LogP contribution is -2.09. The van der Waals surface area contributed by atoms with Gasteiger partial charge in [-0.3, -0.25) is 0 Å². The number of fused-ring (bicyclic) bond motifs is 6. The van der Waals surface area contributed by atoms with E-state index < -0.39 is 0 Å². The molecule has 2 nitrogen and oxygen atoms in total. The Morgan fingerprint density at radius 3 is 1.67 bits per heavy atom. The molecule has 0 aliphatic heterocycles. The Kier molecular flexibility index (Phi) is 5.04. The second-order valence-corrected chi connectivity index (χ2v) is 10.9. The van der Waals surface area contributed by atoms with E-state index in [-0.39, 0.29) is 0 Å². The van der Waals surface area contributed by atoms with Crippen molar-refractivity contribution in [1.29, 1.82) is 0 Å². The number of nitrogens with zero attached hydrogens (tertiary/aromatic N) is 2. The minimum Gasteiger partial charge on any atom is -0.310 e. The molecular weight excluding hydrogens is 492 g/mol. The molecule has 0 unspecified atom stereocenters. The van der Waals surface area contributed by atoms with Gasteiger partial charge in [-0.25, -0.2) is 0 Å². The van der Waals surface area contributed by atoms with E-state index in [1.807, 2.05) is 11.3 Å². The maximum absolute atomic E-state index is 2.37. The number of hydrogen-bond acceptors (Lipinski definition) is 2. The fourth-order valence-electron chi connectivity index (χ4n) is 5.83. The zero-order valence-corrected chi connectivity index (χ0v) is 22.0. The van der Waals surface area contributed by atoms with E-state index in [0.29, 0.717) is 0 Å². The Bertz CT molecular complexity index is 2060. The van der Waals surface area contributed by atoms with Crippen LogP contribution in [0.1, 0.15) is 0 Å². The molecule has 0 atom stereocenters. The summed E-state index contributed by atoms with van der Waals surface area (Å²) in [6.07, 6.45) is 0.